The molecule has 0 saturated carbocycles. The van der Waals surface area contributed by atoms with E-state index in [1.807, 2.05) is 0 Å². The Morgan fingerprint density at radius 3 is 2.70 bits per heavy atom. The van der Waals surface area contributed by atoms with Crippen molar-refractivity contribution in [3.63, 3.8) is 0 Å². The van der Waals surface area contributed by atoms with Crippen LogP contribution in [0.2, 0.25) is 0 Å². The van der Waals surface area contributed by atoms with Gasteiger partial charge < -0.3 is 15.4 Å². The highest BCUT2D eigenvalue weighted by Crippen LogP contribution is 2.14. The van der Waals surface area contributed by atoms with E-state index in [9.17, 15) is 12.8 Å². The Labute approximate surface area is 196 Å². The number of sulfone groups is 1. The molecule has 0 aromatic heterocycles. The summed E-state index contributed by atoms with van der Waals surface area (Å²) < 4.78 is 42.8. The first-order chi connectivity index (χ1) is 13.7. The summed E-state index contributed by atoms with van der Waals surface area (Å²) in [5.74, 6) is 0.647. The zero-order valence-electron chi connectivity index (χ0n) is 18.2. The lowest BCUT2D eigenvalue weighted by Gasteiger charge is -2.34. The van der Waals surface area contributed by atoms with Gasteiger partial charge in [0.25, 0.3) is 0 Å². The van der Waals surface area contributed by atoms with Gasteiger partial charge in [0, 0.05) is 46.0 Å². The van der Waals surface area contributed by atoms with Gasteiger partial charge in [-0.1, -0.05) is 19.9 Å². The molecule has 1 unspecified atom stereocenters. The average Bonchev–Trinajstić information content (AvgIpc) is 2.62. The van der Waals surface area contributed by atoms with E-state index in [4.69, 9.17) is 4.74 Å². The largest absolute Gasteiger partial charge is 0.374 e. The van der Waals surface area contributed by atoms with Crippen LogP contribution in [0.4, 0.5) is 4.39 Å². The third kappa shape index (κ3) is 9.88. The Morgan fingerprint density at radius 1 is 1.33 bits per heavy atom. The zero-order valence-corrected chi connectivity index (χ0v) is 21.3. The van der Waals surface area contributed by atoms with Crippen molar-refractivity contribution in [1.29, 1.82) is 0 Å². The second-order valence-corrected chi connectivity index (χ2v) is 10.1. The second-order valence-electron chi connectivity index (χ2n) is 7.94. The summed E-state index contributed by atoms with van der Waals surface area (Å²) in [5.41, 5.74) is 1.17. The van der Waals surface area contributed by atoms with Gasteiger partial charge in [0.2, 0.25) is 0 Å². The summed E-state index contributed by atoms with van der Waals surface area (Å²) in [6, 6.07) is 4.15. The number of ether oxygens (including phenoxy) is 1. The lowest BCUT2D eigenvalue weighted by Crippen LogP contribution is -2.50. The van der Waals surface area contributed by atoms with Crippen LogP contribution < -0.4 is 10.6 Å². The number of nitrogens with one attached hydrogen (secondary N) is 2. The van der Waals surface area contributed by atoms with Crippen LogP contribution in [0, 0.1) is 11.7 Å². The van der Waals surface area contributed by atoms with E-state index in [0.29, 0.717) is 36.2 Å². The van der Waals surface area contributed by atoms with Crippen LogP contribution in [-0.2, 0) is 26.9 Å². The SMILES string of the molecule is CN=C(NCc1cc(F)ccc1CS(C)(=O)=O)NCC1CN(CC(C)C)CCO1.I. The number of nitrogens with zero attached hydrogens (tertiary/aromatic N) is 2. The third-order valence-corrected chi connectivity index (χ3v) is 5.43. The molecule has 172 valence electrons. The molecule has 0 radical (unpaired) electrons. The van der Waals surface area contributed by atoms with Crippen LogP contribution in [-0.4, -0.2) is 71.5 Å². The van der Waals surface area contributed by atoms with Crippen LogP contribution in [0.1, 0.15) is 25.0 Å². The van der Waals surface area contributed by atoms with Crippen molar-refractivity contribution in [3.05, 3.63) is 35.1 Å². The summed E-state index contributed by atoms with van der Waals surface area (Å²) in [6.45, 7) is 8.87. The van der Waals surface area contributed by atoms with Crippen molar-refractivity contribution in [1.82, 2.24) is 15.5 Å². The van der Waals surface area contributed by atoms with E-state index in [1.165, 1.54) is 24.5 Å². The monoisotopic (exact) mass is 556 g/mol. The first kappa shape index (κ1) is 27.1. The Balaban J connectivity index is 0.00000450. The minimum absolute atomic E-state index is 0. The minimum Gasteiger partial charge on any atom is -0.374 e. The molecule has 1 heterocycles. The van der Waals surface area contributed by atoms with Crippen LogP contribution in [0.3, 0.4) is 0 Å². The van der Waals surface area contributed by atoms with E-state index in [0.717, 1.165) is 19.6 Å². The minimum atomic E-state index is -3.21. The first-order valence-electron chi connectivity index (χ1n) is 9.89. The van der Waals surface area contributed by atoms with Crippen molar-refractivity contribution < 1.29 is 17.5 Å². The van der Waals surface area contributed by atoms with Gasteiger partial charge in [0.1, 0.15) is 5.82 Å². The van der Waals surface area contributed by atoms with E-state index < -0.39 is 15.7 Å². The summed E-state index contributed by atoms with van der Waals surface area (Å²) in [7, 11) is -1.55. The van der Waals surface area contributed by atoms with Crippen molar-refractivity contribution in [2.75, 3.05) is 46.1 Å². The smallest absolute Gasteiger partial charge is 0.191 e. The van der Waals surface area contributed by atoms with E-state index >= 15 is 0 Å². The van der Waals surface area contributed by atoms with Crippen LogP contribution in [0.25, 0.3) is 0 Å². The second kappa shape index (κ2) is 12.8. The molecule has 2 rings (SSSR count). The lowest BCUT2D eigenvalue weighted by molar-refractivity contribution is -0.0284. The van der Waals surface area contributed by atoms with Crippen LogP contribution >= 0.6 is 24.0 Å². The molecule has 1 fully saturated rings. The van der Waals surface area contributed by atoms with Gasteiger partial charge in [-0.15, -0.1) is 24.0 Å². The zero-order chi connectivity index (χ0) is 21.4. The molecule has 1 aliphatic rings. The highest BCUT2D eigenvalue weighted by atomic mass is 127. The number of aliphatic imine (C=N–C) groups is 1. The predicted octanol–water partition coefficient (Wildman–Crippen LogP) is 2.01. The van der Waals surface area contributed by atoms with Crippen molar-refractivity contribution in [2.45, 2.75) is 32.2 Å². The molecule has 30 heavy (non-hydrogen) atoms. The van der Waals surface area contributed by atoms with Gasteiger partial charge in [0.15, 0.2) is 15.8 Å². The number of rotatable bonds is 8. The quantitative estimate of drug-likeness (QED) is 0.290. The molecular formula is C20H34FIN4O3S. The fourth-order valence-electron chi connectivity index (χ4n) is 3.38. The molecule has 1 aromatic carbocycles. The number of hydrogen-bond acceptors (Lipinski definition) is 5. The maximum atomic E-state index is 13.7. The van der Waals surface area contributed by atoms with E-state index in [-0.39, 0.29) is 42.4 Å². The normalized spacial score (nSPS) is 18.2. The van der Waals surface area contributed by atoms with Crippen molar-refractivity contribution in [3.8, 4) is 0 Å². The number of hydrogen-bond donors (Lipinski definition) is 2. The van der Waals surface area contributed by atoms with Gasteiger partial charge in [-0.25, -0.2) is 12.8 Å². The topological polar surface area (TPSA) is 83.0 Å². The fourth-order valence-corrected chi connectivity index (χ4v) is 4.23. The maximum absolute atomic E-state index is 13.7. The highest BCUT2D eigenvalue weighted by Gasteiger charge is 2.21. The number of halogens is 2. The molecule has 1 aromatic rings. The molecule has 0 aliphatic carbocycles. The average molecular weight is 556 g/mol. The standard InChI is InChI=1S/C20H33FN4O3S.HI/c1-15(2)12-25-7-8-28-19(13-25)11-24-20(22-3)23-10-17-9-18(21)6-5-16(17)14-29(4,26)27;/h5-6,9,15,19H,7-8,10-14H2,1-4H3,(H2,22,23,24);1H. The lowest BCUT2D eigenvalue weighted by atomic mass is 10.1. The van der Waals surface area contributed by atoms with Gasteiger partial charge >= 0.3 is 0 Å². The Bertz CT molecular complexity index is 805. The molecule has 0 bridgehead atoms. The molecule has 1 saturated heterocycles. The number of morpholine rings is 1. The van der Waals surface area contributed by atoms with Gasteiger partial charge in [-0.2, -0.15) is 0 Å². The Hall–Kier alpha value is -0.980. The number of benzene rings is 1. The van der Waals surface area contributed by atoms with Crippen LogP contribution in [0.5, 0.6) is 0 Å². The molecular weight excluding hydrogens is 522 g/mol. The first-order valence-corrected chi connectivity index (χ1v) is 12.0. The molecule has 0 spiro atoms. The predicted molar refractivity (Wildman–Crippen MR) is 130 cm³/mol. The van der Waals surface area contributed by atoms with Crippen molar-refractivity contribution >= 4 is 39.8 Å². The maximum Gasteiger partial charge on any atom is 0.191 e. The van der Waals surface area contributed by atoms with E-state index in [2.05, 4.69) is 34.4 Å². The van der Waals surface area contributed by atoms with Crippen molar-refractivity contribution in [2.24, 2.45) is 10.9 Å². The van der Waals surface area contributed by atoms with Gasteiger partial charge in [-0.05, 0) is 29.2 Å². The molecule has 10 heteroatoms. The summed E-state index contributed by atoms with van der Waals surface area (Å²) in [4.78, 5) is 6.60. The number of guanidine groups is 1. The molecule has 0 amide bonds. The third-order valence-electron chi connectivity index (χ3n) is 4.60. The summed E-state index contributed by atoms with van der Waals surface area (Å²) in [5, 5.41) is 6.37. The molecule has 7 nitrogen and oxygen atoms in total. The molecule has 2 N–H and O–H groups in total. The van der Waals surface area contributed by atoms with E-state index in [1.54, 1.807) is 7.05 Å². The summed E-state index contributed by atoms with van der Waals surface area (Å²) in [6.07, 6.45) is 1.23. The highest BCUT2D eigenvalue weighted by molar-refractivity contribution is 14.0. The summed E-state index contributed by atoms with van der Waals surface area (Å²) >= 11 is 0. The van der Waals surface area contributed by atoms with Gasteiger partial charge in [-0.3, -0.25) is 9.89 Å². The fraction of sp³-hybridized carbons (Fsp3) is 0.650. The molecule has 1 aliphatic heterocycles. The Morgan fingerprint density at radius 2 is 2.07 bits per heavy atom. The Kier molecular flexibility index (Phi) is 11.5. The van der Waals surface area contributed by atoms with Gasteiger partial charge in [0.05, 0.1) is 18.5 Å². The van der Waals surface area contributed by atoms with Crippen LogP contribution in [0.15, 0.2) is 23.2 Å². The molecule has 1 atom stereocenters.